The average Bonchev–Trinajstić information content (AvgIpc) is 3.23. The van der Waals surface area contributed by atoms with Crippen molar-refractivity contribution in [2.75, 3.05) is 16.3 Å². The van der Waals surface area contributed by atoms with Crippen molar-refractivity contribution in [3.8, 4) is 11.3 Å². The second-order valence-electron chi connectivity index (χ2n) is 16.1. The van der Waals surface area contributed by atoms with Gasteiger partial charge in [0.1, 0.15) is 12.2 Å². The number of benzene rings is 4. The molecule has 310 valence electrons. The van der Waals surface area contributed by atoms with Gasteiger partial charge in [-0.15, -0.1) is 0 Å². The Balaban J connectivity index is 1.29. The molecule has 6 rings (SSSR count). The molecule has 0 atom stereocenters. The van der Waals surface area contributed by atoms with Crippen LogP contribution in [0.2, 0.25) is 10.1 Å². The molecule has 2 amide bonds. The van der Waals surface area contributed by atoms with Crippen molar-refractivity contribution in [3.63, 3.8) is 0 Å². The normalized spacial score (nSPS) is 11.8. The van der Waals surface area contributed by atoms with Gasteiger partial charge in [0.15, 0.2) is 5.82 Å². The van der Waals surface area contributed by atoms with Gasteiger partial charge in [0.05, 0.1) is 41.2 Å². The van der Waals surface area contributed by atoms with E-state index < -0.39 is 37.1 Å². The molecule has 0 fully saturated rings. The highest BCUT2D eigenvalue weighted by Gasteiger charge is 2.49. The van der Waals surface area contributed by atoms with E-state index in [0.717, 1.165) is 15.9 Å². The van der Waals surface area contributed by atoms with E-state index in [-0.39, 0.29) is 35.9 Å². The van der Waals surface area contributed by atoms with Crippen molar-refractivity contribution >= 4 is 59.7 Å². The maximum Gasteiger partial charge on any atom is 0.420 e. The Bertz CT molecular complexity index is 2350. The number of rotatable bonds is 14. The molecule has 0 spiro atoms. The van der Waals surface area contributed by atoms with Gasteiger partial charge in [-0.25, -0.2) is 24.5 Å². The smallest absolute Gasteiger partial charge is 0.420 e. The third-order valence-corrected chi connectivity index (χ3v) is 14.9. The third kappa shape index (κ3) is 10.4. The number of amides is 2. The summed E-state index contributed by atoms with van der Waals surface area (Å²) >= 11 is 6.31. The molecule has 4 aromatic carbocycles. The highest BCUT2D eigenvalue weighted by atomic mass is 35.5. The van der Waals surface area contributed by atoms with E-state index in [1.807, 2.05) is 91.0 Å². The van der Waals surface area contributed by atoms with Crippen LogP contribution in [0, 0.1) is 5.95 Å². The Hall–Kier alpha value is -5.95. The van der Waals surface area contributed by atoms with E-state index >= 15 is 4.39 Å². The summed E-state index contributed by atoms with van der Waals surface area (Å²) in [6.45, 7) is 9.66. The number of carbonyl (C=O) groups excluding carboxylic acids is 2. The van der Waals surface area contributed by atoms with Crippen molar-refractivity contribution in [2.24, 2.45) is 0 Å². The standard InChI is InChI=1S/C47H49ClFN5O5Si/c1-46(2,3)59-45(56)54(36-21-17-20-35(48)28-36)42-32-50-31-41(52-42)40-29-37(30-51-43(40)49)53(44(55)58-33-34-18-9-6-10-19-34)27-16-15-26-47(4,5)60(57,38-22-11-7-12-23-38)39-24-13-8-14-25-39/h6-14,17-25,28-32,57H,15-16,26-27,33H2,1-5H3. The Morgan fingerprint density at radius 2 is 1.40 bits per heavy atom. The maximum atomic E-state index is 15.8. The number of nitrogens with zero attached hydrogens (tertiary/aromatic N) is 5. The third-order valence-electron chi connectivity index (χ3n) is 10.1. The molecule has 2 heterocycles. The Morgan fingerprint density at radius 3 is 2.02 bits per heavy atom. The Kier molecular flexibility index (Phi) is 13.8. The number of hydrogen-bond donors (Lipinski definition) is 1. The zero-order chi connectivity index (χ0) is 42.9. The number of anilines is 3. The van der Waals surface area contributed by atoms with Crippen molar-refractivity contribution in [3.05, 3.63) is 156 Å². The lowest BCUT2D eigenvalue weighted by atomic mass is 10.0. The van der Waals surface area contributed by atoms with Gasteiger partial charge < -0.3 is 14.3 Å². The molecule has 0 aliphatic carbocycles. The van der Waals surface area contributed by atoms with E-state index in [9.17, 15) is 14.4 Å². The van der Waals surface area contributed by atoms with Crippen LogP contribution in [-0.4, -0.2) is 52.4 Å². The van der Waals surface area contributed by atoms with Crippen LogP contribution in [-0.2, 0) is 16.1 Å². The minimum Gasteiger partial charge on any atom is -0.444 e. The van der Waals surface area contributed by atoms with Crippen LogP contribution in [0.1, 0.15) is 59.4 Å². The molecule has 0 unspecified atom stereocenters. The summed E-state index contributed by atoms with van der Waals surface area (Å²) in [6.07, 6.45) is 4.44. The maximum absolute atomic E-state index is 15.8. The van der Waals surface area contributed by atoms with Crippen LogP contribution in [0.15, 0.2) is 140 Å². The van der Waals surface area contributed by atoms with E-state index in [1.54, 1.807) is 45.0 Å². The number of carbonyl (C=O) groups is 2. The quantitative estimate of drug-likeness (QED) is 0.0654. The first kappa shape index (κ1) is 43.6. The SMILES string of the molecule is CC(C)(C)OC(=O)N(c1cccc(Cl)c1)c1cncc(-c2cc(N(CCCCC(C)(C)[Si](O)(c3ccccc3)c3ccccc3)C(=O)OCc3ccccc3)cnc2F)n1. The lowest BCUT2D eigenvalue weighted by Crippen LogP contribution is -2.65. The molecule has 0 saturated heterocycles. The molecular weight excluding hydrogens is 797 g/mol. The summed E-state index contributed by atoms with van der Waals surface area (Å²) in [7, 11) is -3.26. The van der Waals surface area contributed by atoms with Crippen LogP contribution in [0.4, 0.5) is 31.2 Å². The summed E-state index contributed by atoms with van der Waals surface area (Å²) in [6, 6.07) is 37.1. The lowest BCUT2D eigenvalue weighted by molar-refractivity contribution is 0.0598. The van der Waals surface area contributed by atoms with Gasteiger partial charge in [0, 0.05) is 11.6 Å². The van der Waals surface area contributed by atoms with Gasteiger partial charge in [0.2, 0.25) is 5.95 Å². The van der Waals surface area contributed by atoms with Crippen LogP contribution in [0.5, 0.6) is 0 Å². The molecule has 0 aliphatic rings. The number of hydrogen-bond acceptors (Lipinski definition) is 8. The van der Waals surface area contributed by atoms with E-state index in [1.165, 1.54) is 34.5 Å². The topological polar surface area (TPSA) is 118 Å². The van der Waals surface area contributed by atoms with Gasteiger partial charge in [-0.05, 0) is 78.9 Å². The molecule has 13 heteroatoms. The van der Waals surface area contributed by atoms with Crippen LogP contribution in [0.25, 0.3) is 11.3 Å². The summed E-state index contributed by atoms with van der Waals surface area (Å²) in [5.74, 6) is -0.813. The molecule has 60 heavy (non-hydrogen) atoms. The first-order chi connectivity index (χ1) is 28.7. The van der Waals surface area contributed by atoms with Crippen molar-refractivity contribution in [1.82, 2.24) is 15.0 Å². The molecule has 0 aliphatic heterocycles. The van der Waals surface area contributed by atoms with E-state index in [2.05, 4.69) is 28.8 Å². The highest BCUT2D eigenvalue weighted by Crippen LogP contribution is 2.40. The predicted octanol–water partition coefficient (Wildman–Crippen LogP) is 10.3. The predicted molar refractivity (Wildman–Crippen MR) is 237 cm³/mol. The molecule has 10 nitrogen and oxygen atoms in total. The van der Waals surface area contributed by atoms with E-state index in [0.29, 0.717) is 30.0 Å². The van der Waals surface area contributed by atoms with E-state index in [4.69, 9.17) is 21.1 Å². The number of unbranched alkanes of at least 4 members (excludes halogenated alkanes) is 1. The molecular formula is C47H49ClFN5O5Si. The fraction of sp³-hybridized carbons (Fsp3) is 0.255. The van der Waals surface area contributed by atoms with Crippen molar-refractivity contribution in [2.45, 2.75) is 71.1 Å². The average molecular weight is 846 g/mol. The second kappa shape index (κ2) is 19.0. The summed E-state index contributed by atoms with van der Waals surface area (Å²) < 4.78 is 27.3. The molecule has 1 N–H and O–H groups in total. The summed E-state index contributed by atoms with van der Waals surface area (Å²) in [5, 5.41) is 1.72. The van der Waals surface area contributed by atoms with Gasteiger partial charge >= 0.3 is 12.2 Å². The summed E-state index contributed by atoms with van der Waals surface area (Å²) in [4.78, 5) is 55.8. The first-order valence-corrected chi connectivity index (χ1v) is 22.1. The van der Waals surface area contributed by atoms with Gasteiger partial charge in [-0.3, -0.25) is 9.88 Å². The number of aromatic nitrogens is 3. The van der Waals surface area contributed by atoms with Crippen LogP contribution in [0.3, 0.4) is 0 Å². The fourth-order valence-electron chi connectivity index (χ4n) is 7.06. The minimum atomic E-state index is -3.26. The minimum absolute atomic E-state index is 0.0228. The van der Waals surface area contributed by atoms with Gasteiger partial charge in [-0.1, -0.05) is 129 Å². The molecule has 6 aromatic rings. The Morgan fingerprint density at radius 1 is 0.767 bits per heavy atom. The molecule has 0 bridgehead atoms. The van der Waals surface area contributed by atoms with Crippen LogP contribution < -0.4 is 20.2 Å². The molecule has 0 radical (unpaired) electrons. The second-order valence-corrected chi connectivity index (χ2v) is 20.4. The van der Waals surface area contributed by atoms with Gasteiger partial charge in [0.25, 0.3) is 8.32 Å². The van der Waals surface area contributed by atoms with Gasteiger partial charge in [-0.2, -0.15) is 4.39 Å². The highest BCUT2D eigenvalue weighted by molar-refractivity contribution is 6.98. The summed E-state index contributed by atoms with van der Waals surface area (Å²) in [5.41, 5.74) is 0.595. The number of ether oxygens (including phenoxy) is 2. The number of halogens is 2. The largest absolute Gasteiger partial charge is 0.444 e. The fourth-order valence-corrected chi connectivity index (χ4v) is 11.0. The zero-order valence-electron chi connectivity index (χ0n) is 34.4. The van der Waals surface area contributed by atoms with Crippen molar-refractivity contribution in [1.29, 1.82) is 0 Å². The van der Waals surface area contributed by atoms with Crippen LogP contribution >= 0.6 is 11.6 Å². The first-order valence-electron chi connectivity index (χ1n) is 19.7. The molecule has 2 aromatic heterocycles. The Labute approximate surface area is 356 Å². The molecule has 0 saturated carbocycles. The lowest BCUT2D eigenvalue weighted by Gasteiger charge is -2.41. The van der Waals surface area contributed by atoms with Crippen molar-refractivity contribution < 1.29 is 28.2 Å². The zero-order valence-corrected chi connectivity index (χ0v) is 36.1. The monoisotopic (exact) mass is 845 g/mol. The number of pyridine rings is 1.